The Balaban J connectivity index is 2.36. The molecule has 1 fully saturated rings. The van der Waals surface area contributed by atoms with Crippen LogP contribution in [0.3, 0.4) is 0 Å². The smallest absolute Gasteiger partial charge is 0.188 e. The largest absolute Gasteiger partial charge is 0.297 e. The van der Waals surface area contributed by atoms with Crippen LogP contribution in [0.1, 0.15) is 20.8 Å². The Morgan fingerprint density at radius 1 is 1.14 bits per heavy atom. The molecule has 0 bridgehead atoms. The molecule has 0 amide bonds. The van der Waals surface area contributed by atoms with Gasteiger partial charge < -0.3 is 0 Å². The molecule has 1 aliphatic rings. The van der Waals surface area contributed by atoms with Crippen LogP contribution in [0.15, 0.2) is 0 Å². The number of hydrogen-bond acceptors (Lipinski definition) is 2. The highest BCUT2D eigenvalue weighted by atomic mass is 17.4. The van der Waals surface area contributed by atoms with Crippen molar-refractivity contribution in [1.29, 1.82) is 0 Å². The maximum Gasteiger partial charge on any atom is 0.297 e. The molecule has 0 N–H and O–H groups in total. The molecule has 1 rings (SSSR count). The summed E-state index contributed by atoms with van der Waals surface area (Å²) in [5.74, 6) is 0. The Hall–Kier alpha value is -0.0800. The molecule has 0 spiro atoms. The summed E-state index contributed by atoms with van der Waals surface area (Å²) < 4.78 is 0. The van der Waals surface area contributed by atoms with E-state index in [4.69, 9.17) is 0 Å². The minimum atomic E-state index is 0.0833. The molecule has 2 heteroatoms. The maximum atomic E-state index is 4.49. The van der Waals surface area contributed by atoms with Gasteiger partial charge in [-0.05, 0) is 0 Å². The SMILES string of the molecule is CC(C)(C)[C]1OO1. The third-order valence-corrected chi connectivity index (χ3v) is 0.779. The van der Waals surface area contributed by atoms with E-state index in [0.717, 1.165) is 6.29 Å². The molecule has 1 radical (unpaired) electrons. The normalized spacial score (nSPS) is 22.7. The first-order chi connectivity index (χ1) is 3.11. The van der Waals surface area contributed by atoms with Crippen LogP contribution in [0.2, 0.25) is 0 Å². The molecule has 41 valence electrons. The van der Waals surface area contributed by atoms with E-state index in [9.17, 15) is 0 Å². The lowest BCUT2D eigenvalue weighted by Crippen LogP contribution is -2.05. The quantitative estimate of drug-likeness (QED) is 0.341. The van der Waals surface area contributed by atoms with Crippen molar-refractivity contribution in [3.8, 4) is 0 Å². The zero-order valence-corrected chi connectivity index (χ0v) is 4.82. The van der Waals surface area contributed by atoms with E-state index in [1.54, 1.807) is 0 Å². The number of hydrogen-bond donors (Lipinski definition) is 0. The van der Waals surface area contributed by atoms with E-state index >= 15 is 0 Å². The second kappa shape index (κ2) is 1.20. The zero-order valence-electron chi connectivity index (χ0n) is 4.82. The Labute approximate surface area is 43.3 Å². The molecule has 1 heterocycles. The molecule has 0 aromatic rings. The fourth-order valence-electron chi connectivity index (χ4n) is 0.271. The van der Waals surface area contributed by atoms with Crippen molar-refractivity contribution < 1.29 is 9.78 Å². The first-order valence-corrected chi connectivity index (χ1v) is 2.32. The van der Waals surface area contributed by atoms with Crippen LogP contribution in [-0.4, -0.2) is 0 Å². The number of rotatable bonds is 0. The fraction of sp³-hybridized carbons (Fsp3) is 0.800. The summed E-state index contributed by atoms with van der Waals surface area (Å²) in [4.78, 5) is 8.98. The highest BCUT2D eigenvalue weighted by Crippen LogP contribution is 2.40. The molecule has 0 atom stereocenters. The molecule has 1 saturated heterocycles. The molecule has 2 nitrogen and oxygen atoms in total. The Morgan fingerprint density at radius 2 is 1.57 bits per heavy atom. The van der Waals surface area contributed by atoms with Crippen molar-refractivity contribution in [3.05, 3.63) is 6.29 Å². The summed E-state index contributed by atoms with van der Waals surface area (Å²) >= 11 is 0. The van der Waals surface area contributed by atoms with Crippen LogP contribution >= 0.6 is 0 Å². The van der Waals surface area contributed by atoms with E-state index in [1.165, 1.54) is 0 Å². The van der Waals surface area contributed by atoms with E-state index in [1.807, 2.05) is 20.8 Å². The molecule has 0 saturated carbocycles. The molecule has 0 aromatic carbocycles. The standard InChI is InChI=1S/C5H9O2/c1-5(2,3)4-6-7-4/h1-3H3. The monoisotopic (exact) mass is 101 g/mol. The first-order valence-electron chi connectivity index (χ1n) is 2.32. The lowest BCUT2D eigenvalue weighted by molar-refractivity contribution is 0.0850. The Bertz CT molecular complexity index is 68.6. The molecule has 0 aromatic heterocycles. The van der Waals surface area contributed by atoms with Gasteiger partial charge in [0.2, 0.25) is 0 Å². The van der Waals surface area contributed by atoms with Crippen LogP contribution in [-0.2, 0) is 9.78 Å². The summed E-state index contributed by atoms with van der Waals surface area (Å²) in [6.07, 6.45) is 0.743. The summed E-state index contributed by atoms with van der Waals surface area (Å²) in [6, 6.07) is 0. The molecule has 0 unspecified atom stereocenters. The Morgan fingerprint density at radius 3 is 1.57 bits per heavy atom. The lowest BCUT2D eigenvalue weighted by Gasteiger charge is -2.06. The minimum absolute atomic E-state index is 0.0833. The van der Waals surface area contributed by atoms with Crippen molar-refractivity contribution in [2.75, 3.05) is 0 Å². The van der Waals surface area contributed by atoms with Gasteiger partial charge in [0.15, 0.2) is 0 Å². The van der Waals surface area contributed by atoms with Gasteiger partial charge in [0.05, 0.1) is 0 Å². The predicted molar refractivity (Wildman–Crippen MR) is 24.9 cm³/mol. The van der Waals surface area contributed by atoms with Gasteiger partial charge in [-0.2, -0.15) is 9.78 Å². The van der Waals surface area contributed by atoms with Crippen molar-refractivity contribution in [2.24, 2.45) is 5.41 Å². The average Bonchev–Trinajstić information content (AvgIpc) is 1.99. The molecular weight excluding hydrogens is 92.1 g/mol. The third-order valence-electron chi connectivity index (χ3n) is 0.779. The fourth-order valence-corrected chi connectivity index (χ4v) is 0.271. The van der Waals surface area contributed by atoms with Crippen LogP contribution in [0.5, 0.6) is 0 Å². The second-order valence-electron chi connectivity index (χ2n) is 2.70. The predicted octanol–water partition coefficient (Wildman–Crippen LogP) is 1.48. The van der Waals surface area contributed by atoms with E-state index in [2.05, 4.69) is 9.78 Å². The van der Waals surface area contributed by atoms with Crippen LogP contribution < -0.4 is 0 Å². The summed E-state index contributed by atoms with van der Waals surface area (Å²) in [5.41, 5.74) is 0.0833. The van der Waals surface area contributed by atoms with Gasteiger partial charge in [0, 0.05) is 5.41 Å². The van der Waals surface area contributed by atoms with Gasteiger partial charge in [-0.25, -0.2) is 0 Å². The molecule has 0 aliphatic carbocycles. The van der Waals surface area contributed by atoms with Crippen LogP contribution in [0.25, 0.3) is 0 Å². The van der Waals surface area contributed by atoms with E-state index in [0.29, 0.717) is 0 Å². The highest BCUT2D eigenvalue weighted by Gasteiger charge is 2.41. The molecule has 7 heavy (non-hydrogen) atoms. The van der Waals surface area contributed by atoms with E-state index < -0.39 is 0 Å². The van der Waals surface area contributed by atoms with Crippen molar-refractivity contribution >= 4 is 0 Å². The van der Waals surface area contributed by atoms with Gasteiger partial charge in [-0.15, -0.1) is 0 Å². The molecule has 1 aliphatic heterocycles. The van der Waals surface area contributed by atoms with Gasteiger partial charge in [0.1, 0.15) is 0 Å². The van der Waals surface area contributed by atoms with Crippen LogP contribution in [0, 0.1) is 11.7 Å². The summed E-state index contributed by atoms with van der Waals surface area (Å²) in [7, 11) is 0. The summed E-state index contributed by atoms with van der Waals surface area (Å²) in [6.45, 7) is 6.11. The zero-order chi connectivity index (χ0) is 5.49. The third kappa shape index (κ3) is 1.14. The van der Waals surface area contributed by atoms with Gasteiger partial charge >= 0.3 is 0 Å². The average molecular weight is 101 g/mol. The van der Waals surface area contributed by atoms with Gasteiger partial charge in [-0.3, -0.25) is 0 Å². The van der Waals surface area contributed by atoms with E-state index in [-0.39, 0.29) is 5.41 Å². The molecular formula is C5H9O2. The van der Waals surface area contributed by atoms with Crippen molar-refractivity contribution in [1.82, 2.24) is 0 Å². The topological polar surface area (TPSA) is 25.1 Å². The highest BCUT2D eigenvalue weighted by molar-refractivity contribution is 4.85. The first kappa shape index (κ1) is 5.06. The van der Waals surface area contributed by atoms with Gasteiger partial charge in [0.25, 0.3) is 6.29 Å². The lowest BCUT2D eigenvalue weighted by atomic mass is 9.97. The summed E-state index contributed by atoms with van der Waals surface area (Å²) in [5, 5.41) is 0. The van der Waals surface area contributed by atoms with Crippen molar-refractivity contribution in [3.63, 3.8) is 0 Å². The minimum Gasteiger partial charge on any atom is -0.188 e. The van der Waals surface area contributed by atoms with Crippen molar-refractivity contribution in [2.45, 2.75) is 20.8 Å². The maximum absolute atomic E-state index is 4.49. The second-order valence-corrected chi connectivity index (χ2v) is 2.70. The van der Waals surface area contributed by atoms with Gasteiger partial charge in [-0.1, -0.05) is 20.8 Å². The van der Waals surface area contributed by atoms with Crippen LogP contribution in [0.4, 0.5) is 0 Å². The Kier molecular flexibility index (Phi) is 0.869.